The van der Waals surface area contributed by atoms with Gasteiger partial charge in [-0.3, -0.25) is 0 Å². The standard InChI is InChI=1S/2C13H20NO5S.Zn/c2*1-16-4-5-17-6-7-18-8-9-19-11-12-2-3-13(20)14(15)10-12;/h2*2-3,10H,4-9,11H2,1H3;/q2*-1;+2. The van der Waals surface area contributed by atoms with E-state index in [1.807, 2.05) is 0 Å². The summed E-state index contributed by atoms with van der Waals surface area (Å²) in [5.74, 6) is 0. The van der Waals surface area contributed by atoms with Crippen LogP contribution in [-0.2, 0) is 70.6 Å². The van der Waals surface area contributed by atoms with Crippen LogP contribution < -0.4 is 0 Å². The Morgan fingerprint density at radius 3 is 1.10 bits per heavy atom. The fourth-order valence-electron chi connectivity index (χ4n) is 2.73. The van der Waals surface area contributed by atoms with Gasteiger partial charge in [0.15, 0.2) is 0 Å². The maximum Gasteiger partial charge on any atom is 2.00 e. The maximum absolute atomic E-state index is 11.2. The zero-order valence-corrected chi connectivity index (χ0v) is 28.5. The maximum atomic E-state index is 11.2. The number of hydrogen-bond acceptors (Lipinski definition) is 12. The van der Waals surface area contributed by atoms with Crippen LogP contribution >= 0.6 is 24.4 Å². The third-order valence-corrected chi connectivity index (χ3v) is 5.40. The van der Waals surface area contributed by atoms with Gasteiger partial charge in [0.2, 0.25) is 0 Å². The summed E-state index contributed by atoms with van der Waals surface area (Å²) in [6, 6.07) is 6.74. The van der Waals surface area contributed by atoms with E-state index >= 15 is 0 Å². The van der Waals surface area contributed by atoms with Crippen molar-refractivity contribution in [1.29, 1.82) is 0 Å². The largest absolute Gasteiger partial charge is 2.00 e. The van der Waals surface area contributed by atoms with E-state index in [1.54, 1.807) is 38.5 Å². The molecule has 0 aliphatic rings. The van der Waals surface area contributed by atoms with Crippen LogP contribution in [-0.4, -0.2) is 103 Å². The third kappa shape index (κ3) is 21.9. The van der Waals surface area contributed by atoms with Crippen LogP contribution in [0.5, 0.6) is 0 Å². The molecular formula is C26H40N2O10S2Zn. The van der Waals surface area contributed by atoms with Crippen molar-refractivity contribution >= 4 is 24.4 Å². The van der Waals surface area contributed by atoms with Gasteiger partial charge >= 0.3 is 19.5 Å². The molecule has 0 N–H and O–H groups in total. The van der Waals surface area contributed by atoms with Crippen LogP contribution in [0, 0.1) is 19.7 Å². The molecule has 0 radical (unpaired) electrons. The molecule has 0 amide bonds. The van der Waals surface area contributed by atoms with Crippen LogP contribution in [0.25, 0.3) is 0 Å². The van der Waals surface area contributed by atoms with Crippen molar-refractivity contribution in [1.82, 2.24) is 9.46 Å². The molecule has 15 heteroatoms. The smallest absolute Gasteiger partial charge is 0.805 e. The Morgan fingerprint density at radius 2 is 0.805 bits per heavy atom. The number of ether oxygens (including phenoxy) is 8. The summed E-state index contributed by atoms with van der Waals surface area (Å²) >= 11 is 9.61. The average Bonchev–Trinajstić information content (AvgIpc) is 2.95. The van der Waals surface area contributed by atoms with Crippen molar-refractivity contribution in [2.45, 2.75) is 13.2 Å². The quantitative estimate of drug-likeness (QED) is 0.103. The van der Waals surface area contributed by atoms with E-state index < -0.39 is 0 Å². The van der Waals surface area contributed by atoms with Crippen molar-refractivity contribution in [3.05, 3.63) is 67.5 Å². The zero-order chi connectivity index (χ0) is 29.3. The SMILES string of the molecule is COCCOCCOCCOCc1ccc(=S)n([O-])c1.COCCOCCOCCOCc1ccc(=S)n([O-])c1.[Zn+2]. The summed E-state index contributed by atoms with van der Waals surface area (Å²) in [6.07, 6.45) is 2.85. The number of nitrogens with zero attached hydrogens (tertiary/aromatic N) is 2. The molecule has 0 aliphatic carbocycles. The Morgan fingerprint density at radius 1 is 0.512 bits per heavy atom. The van der Waals surface area contributed by atoms with E-state index in [2.05, 4.69) is 0 Å². The fraction of sp³-hybridized carbons (Fsp3) is 0.615. The van der Waals surface area contributed by atoms with Gasteiger partial charge in [0.1, 0.15) is 9.28 Å². The van der Waals surface area contributed by atoms with Crippen LogP contribution in [0.15, 0.2) is 36.7 Å². The normalized spacial score (nSPS) is 10.6. The molecule has 0 fully saturated rings. The Labute approximate surface area is 264 Å². The third-order valence-electron chi connectivity index (χ3n) is 4.77. The van der Waals surface area contributed by atoms with Gasteiger partial charge in [-0.2, -0.15) is 0 Å². The topological polar surface area (TPSA) is 130 Å². The van der Waals surface area contributed by atoms with E-state index in [9.17, 15) is 10.4 Å². The van der Waals surface area contributed by atoms with Crippen LogP contribution in [0.3, 0.4) is 0 Å². The summed E-state index contributed by atoms with van der Waals surface area (Å²) in [4.78, 5) is 0. The summed E-state index contributed by atoms with van der Waals surface area (Å²) in [6.45, 7) is 7.10. The van der Waals surface area contributed by atoms with Crippen molar-refractivity contribution in [2.75, 3.05) is 93.5 Å². The molecule has 0 aliphatic heterocycles. The van der Waals surface area contributed by atoms with Crippen LogP contribution in [0.4, 0.5) is 0 Å². The second-order valence-corrected chi connectivity index (χ2v) is 8.78. The summed E-state index contributed by atoms with van der Waals surface area (Å²) < 4.78 is 43.4. The van der Waals surface area contributed by atoms with Gasteiger partial charge in [0.05, 0.1) is 92.5 Å². The van der Waals surface area contributed by atoms with Gasteiger partial charge in [-0.1, -0.05) is 36.6 Å². The molecule has 12 nitrogen and oxygen atoms in total. The molecule has 0 unspecified atom stereocenters. The van der Waals surface area contributed by atoms with Crippen molar-refractivity contribution in [2.24, 2.45) is 0 Å². The monoisotopic (exact) mass is 668 g/mol. The van der Waals surface area contributed by atoms with Gasteiger partial charge in [0, 0.05) is 26.6 Å². The molecule has 0 spiro atoms. The number of pyridine rings is 2. The van der Waals surface area contributed by atoms with Gasteiger partial charge in [0.25, 0.3) is 0 Å². The first kappa shape index (κ1) is 39.6. The minimum atomic E-state index is 0. The first-order valence-corrected chi connectivity index (χ1v) is 13.5. The molecule has 0 atom stereocenters. The molecule has 0 bridgehead atoms. The van der Waals surface area contributed by atoms with Crippen molar-refractivity contribution in [3.63, 3.8) is 0 Å². The van der Waals surface area contributed by atoms with E-state index in [0.29, 0.717) is 102 Å². The fourth-order valence-corrected chi connectivity index (χ4v) is 2.97. The van der Waals surface area contributed by atoms with Gasteiger partial charge in [-0.25, -0.2) is 0 Å². The molecule has 0 saturated heterocycles. The van der Waals surface area contributed by atoms with E-state index in [0.717, 1.165) is 11.1 Å². The molecule has 41 heavy (non-hydrogen) atoms. The molecule has 0 aromatic carbocycles. The van der Waals surface area contributed by atoms with Gasteiger partial charge in [-0.15, -0.1) is 0 Å². The molecule has 2 aromatic heterocycles. The minimum absolute atomic E-state index is 0. The second-order valence-electron chi connectivity index (χ2n) is 7.94. The van der Waals surface area contributed by atoms with Crippen LogP contribution in [0.1, 0.15) is 11.1 Å². The number of hydrogen-bond donors (Lipinski definition) is 0. The Bertz CT molecular complexity index is 933. The minimum Gasteiger partial charge on any atom is -0.805 e. The number of aromatic nitrogens is 2. The molecule has 2 aromatic rings. The summed E-state index contributed by atoms with van der Waals surface area (Å²) in [7, 11) is 3.27. The van der Waals surface area contributed by atoms with Crippen LogP contribution in [0.2, 0.25) is 0 Å². The average molecular weight is 670 g/mol. The predicted molar refractivity (Wildman–Crippen MR) is 154 cm³/mol. The van der Waals surface area contributed by atoms with Crippen molar-refractivity contribution in [3.8, 4) is 0 Å². The molecular weight excluding hydrogens is 630 g/mol. The molecule has 228 valence electrons. The molecule has 2 heterocycles. The summed E-state index contributed by atoms with van der Waals surface area (Å²) in [5.41, 5.74) is 1.58. The number of rotatable bonds is 22. The van der Waals surface area contributed by atoms with E-state index in [4.69, 9.17) is 62.3 Å². The molecule has 0 saturated carbocycles. The first-order chi connectivity index (χ1) is 19.5. The van der Waals surface area contributed by atoms with E-state index in [1.165, 1.54) is 12.4 Å². The Kier molecular flexibility index (Phi) is 26.6. The zero-order valence-electron chi connectivity index (χ0n) is 23.9. The van der Waals surface area contributed by atoms with E-state index in [-0.39, 0.29) is 28.8 Å². The first-order valence-electron chi connectivity index (χ1n) is 12.7. The Balaban J connectivity index is 0.000000762. The van der Waals surface area contributed by atoms with Gasteiger partial charge < -0.3 is 57.8 Å². The molecule has 2 rings (SSSR count). The summed E-state index contributed by atoms with van der Waals surface area (Å²) in [5, 5.41) is 22.5. The Hall–Kier alpha value is -1.36. The second kappa shape index (κ2) is 27.5. The number of methoxy groups -OCH3 is 2. The predicted octanol–water partition coefficient (Wildman–Crippen LogP) is 3.52. The van der Waals surface area contributed by atoms with Crippen molar-refractivity contribution < 1.29 is 57.4 Å². The van der Waals surface area contributed by atoms with Gasteiger partial charge in [-0.05, 0) is 23.3 Å².